The van der Waals surface area contributed by atoms with Crippen LogP contribution in [0.3, 0.4) is 0 Å². The normalized spacial score (nSPS) is 16.4. The van der Waals surface area contributed by atoms with Crippen molar-refractivity contribution in [1.82, 2.24) is 24.8 Å². The second kappa shape index (κ2) is 5.96. The van der Waals surface area contributed by atoms with Crippen LogP contribution in [0.2, 0.25) is 5.02 Å². The maximum atomic E-state index is 12.7. The zero-order chi connectivity index (χ0) is 15.8. The summed E-state index contributed by atoms with van der Waals surface area (Å²) in [4.78, 5) is 22.7. The highest BCUT2D eigenvalue weighted by molar-refractivity contribution is 6.37. The largest absolute Gasteiger partial charge is 0.349 e. The highest BCUT2D eigenvalue weighted by atomic mass is 35.5. The number of halogens is 1. The highest BCUT2D eigenvalue weighted by Gasteiger charge is 2.14. The molecule has 1 fully saturated rings. The minimum atomic E-state index is -0.0441. The van der Waals surface area contributed by atoms with E-state index in [1.807, 2.05) is 18.2 Å². The Hall–Kier alpha value is -1.89. The summed E-state index contributed by atoms with van der Waals surface area (Å²) >= 11 is 6.25. The van der Waals surface area contributed by atoms with Crippen molar-refractivity contribution in [3.63, 3.8) is 0 Å². The molecule has 0 radical (unpaired) electrons. The molecule has 0 spiro atoms. The van der Waals surface area contributed by atoms with Gasteiger partial charge in [-0.3, -0.25) is 14.3 Å². The van der Waals surface area contributed by atoms with E-state index in [0.29, 0.717) is 22.6 Å². The Kier molecular flexibility index (Phi) is 3.80. The van der Waals surface area contributed by atoms with Gasteiger partial charge in [0, 0.05) is 50.2 Å². The summed E-state index contributed by atoms with van der Waals surface area (Å²) < 4.78 is 1.67. The molecule has 1 aliphatic rings. The molecule has 0 unspecified atom stereocenters. The van der Waals surface area contributed by atoms with Crippen LogP contribution in [0.1, 0.15) is 0 Å². The SMILES string of the molecule is O=c1c2[nH]c3cccc(Cl)c3c2ncn1CCN1CCNCC1. The van der Waals surface area contributed by atoms with Gasteiger partial charge in [-0.1, -0.05) is 17.7 Å². The van der Waals surface area contributed by atoms with Gasteiger partial charge in [0.25, 0.3) is 5.56 Å². The molecule has 23 heavy (non-hydrogen) atoms. The monoisotopic (exact) mass is 331 g/mol. The van der Waals surface area contributed by atoms with E-state index in [4.69, 9.17) is 11.6 Å². The molecule has 0 saturated carbocycles. The van der Waals surface area contributed by atoms with Crippen LogP contribution in [0.15, 0.2) is 29.3 Å². The first-order chi connectivity index (χ1) is 11.2. The smallest absolute Gasteiger partial charge is 0.277 e. The van der Waals surface area contributed by atoms with Crippen LogP contribution in [0, 0.1) is 0 Å². The van der Waals surface area contributed by atoms with Crippen molar-refractivity contribution in [2.45, 2.75) is 6.54 Å². The van der Waals surface area contributed by atoms with E-state index in [1.165, 1.54) is 0 Å². The van der Waals surface area contributed by atoms with Gasteiger partial charge in [0.15, 0.2) is 0 Å². The molecule has 3 heterocycles. The molecule has 2 aromatic heterocycles. The van der Waals surface area contributed by atoms with E-state index in [1.54, 1.807) is 10.9 Å². The maximum absolute atomic E-state index is 12.7. The van der Waals surface area contributed by atoms with Crippen LogP contribution in [0.4, 0.5) is 0 Å². The number of nitrogens with one attached hydrogen (secondary N) is 2. The van der Waals surface area contributed by atoms with E-state index in [-0.39, 0.29) is 5.56 Å². The van der Waals surface area contributed by atoms with Gasteiger partial charge < -0.3 is 10.3 Å². The molecule has 0 amide bonds. The average Bonchev–Trinajstić information content (AvgIpc) is 2.96. The van der Waals surface area contributed by atoms with E-state index in [9.17, 15) is 4.79 Å². The minimum absolute atomic E-state index is 0.0441. The zero-order valence-corrected chi connectivity index (χ0v) is 13.4. The third kappa shape index (κ3) is 2.63. The first kappa shape index (κ1) is 14.7. The maximum Gasteiger partial charge on any atom is 0.277 e. The number of hydrogen-bond donors (Lipinski definition) is 2. The molecule has 0 bridgehead atoms. The van der Waals surface area contributed by atoms with E-state index in [0.717, 1.165) is 43.6 Å². The molecule has 120 valence electrons. The Morgan fingerprint density at radius 3 is 2.87 bits per heavy atom. The van der Waals surface area contributed by atoms with Crippen molar-refractivity contribution >= 4 is 33.5 Å². The van der Waals surface area contributed by atoms with Gasteiger partial charge in [0.2, 0.25) is 0 Å². The van der Waals surface area contributed by atoms with Crippen molar-refractivity contribution in [1.29, 1.82) is 0 Å². The van der Waals surface area contributed by atoms with Gasteiger partial charge in [-0.25, -0.2) is 4.98 Å². The quantitative estimate of drug-likeness (QED) is 0.762. The highest BCUT2D eigenvalue weighted by Crippen LogP contribution is 2.28. The van der Waals surface area contributed by atoms with Crippen molar-refractivity contribution in [3.05, 3.63) is 39.9 Å². The van der Waals surface area contributed by atoms with Crippen LogP contribution in [0.5, 0.6) is 0 Å². The molecule has 4 rings (SSSR count). The zero-order valence-electron chi connectivity index (χ0n) is 12.7. The Morgan fingerprint density at radius 2 is 2.04 bits per heavy atom. The topological polar surface area (TPSA) is 66.0 Å². The first-order valence-electron chi connectivity index (χ1n) is 7.82. The molecule has 2 N–H and O–H groups in total. The molecular weight excluding hydrogens is 314 g/mol. The second-order valence-electron chi connectivity index (χ2n) is 5.85. The third-order valence-corrected chi connectivity index (χ3v) is 4.73. The predicted molar refractivity (Wildman–Crippen MR) is 92.2 cm³/mol. The summed E-state index contributed by atoms with van der Waals surface area (Å²) in [6.07, 6.45) is 1.63. The molecule has 0 atom stereocenters. The van der Waals surface area contributed by atoms with Crippen molar-refractivity contribution in [2.75, 3.05) is 32.7 Å². The van der Waals surface area contributed by atoms with Crippen molar-refractivity contribution in [2.24, 2.45) is 0 Å². The van der Waals surface area contributed by atoms with Crippen LogP contribution < -0.4 is 10.9 Å². The first-order valence-corrected chi connectivity index (χ1v) is 8.20. The summed E-state index contributed by atoms with van der Waals surface area (Å²) in [5, 5.41) is 4.75. The number of aromatic amines is 1. The van der Waals surface area contributed by atoms with Crippen LogP contribution in [-0.2, 0) is 6.54 Å². The van der Waals surface area contributed by atoms with Gasteiger partial charge in [-0.15, -0.1) is 0 Å². The number of benzene rings is 1. The van der Waals surface area contributed by atoms with E-state index < -0.39 is 0 Å². The fourth-order valence-electron chi connectivity index (χ4n) is 3.14. The molecule has 7 heteroatoms. The van der Waals surface area contributed by atoms with E-state index in [2.05, 4.69) is 20.2 Å². The third-order valence-electron chi connectivity index (χ3n) is 4.41. The Bertz CT molecular complexity index is 910. The number of rotatable bonds is 3. The molecule has 6 nitrogen and oxygen atoms in total. The Labute approximate surface area is 138 Å². The lowest BCUT2D eigenvalue weighted by Gasteiger charge is -2.27. The molecule has 0 aliphatic carbocycles. The summed E-state index contributed by atoms with van der Waals surface area (Å²) in [6, 6.07) is 5.59. The number of fused-ring (bicyclic) bond motifs is 3. The summed E-state index contributed by atoms with van der Waals surface area (Å²) in [5.41, 5.74) is 1.97. The van der Waals surface area contributed by atoms with Crippen LogP contribution in [-0.4, -0.2) is 52.2 Å². The Balaban J connectivity index is 1.69. The molecular formula is C16H18ClN5O. The summed E-state index contributed by atoms with van der Waals surface area (Å²) in [7, 11) is 0. The lowest BCUT2D eigenvalue weighted by Crippen LogP contribution is -2.45. The fourth-order valence-corrected chi connectivity index (χ4v) is 3.40. The number of hydrogen-bond acceptors (Lipinski definition) is 4. The second-order valence-corrected chi connectivity index (χ2v) is 6.25. The van der Waals surface area contributed by atoms with Crippen LogP contribution >= 0.6 is 11.6 Å². The van der Waals surface area contributed by atoms with Gasteiger partial charge in [-0.2, -0.15) is 0 Å². The lowest BCUT2D eigenvalue weighted by atomic mass is 10.2. The number of nitrogens with zero attached hydrogens (tertiary/aromatic N) is 3. The number of H-pyrrole nitrogens is 1. The minimum Gasteiger partial charge on any atom is -0.349 e. The molecule has 1 aromatic carbocycles. The van der Waals surface area contributed by atoms with Gasteiger partial charge in [-0.05, 0) is 12.1 Å². The lowest BCUT2D eigenvalue weighted by molar-refractivity contribution is 0.231. The Morgan fingerprint density at radius 1 is 1.22 bits per heavy atom. The molecule has 1 aliphatic heterocycles. The molecule has 3 aromatic rings. The van der Waals surface area contributed by atoms with Crippen molar-refractivity contribution in [3.8, 4) is 0 Å². The average molecular weight is 332 g/mol. The molecule has 1 saturated heterocycles. The van der Waals surface area contributed by atoms with Gasteiger partial charge in [0.05, 0.1) is 11.3 Å². The van der Waals surface area contributed by atoms with Gasteiger partial charge >= 0.3 is 0 Å². The summed E-state index contributed by atoms with van der Waals surface area (Å²) in [6.45, 7) is 5.55. The fraction of sp³-hybridized carbons (Fsp3) is 0.375. The van der Waals surface area contributed by atoms with Gasteiger partial charge in [0.1, 0.15) is 11.0 Å². The number of aromatic nitrogens is 3. The van der Waals surface area contributed by atoms with E-state index >= 15 is 0 Å². The predicted octanol–water partition coefficient (Wildman–Crippen LogP) is 1.44. The number of piperazine rings is 1. The summed E-state index contributed by atoms with van der Waals surface area (Å²) in [5.74, 6) is 0. The standard InChI is InChI=1S/C16H18ClN5O/c17-11-2-1-3-12-13(11)14-15(20-12)16(23)22(10-19-14)9-8-21-6-4-18-5-7-21/h1-3,10,18,20H,4-9H2. The van der Waals surface area contributed by atoms with Crippen LogP contribution in [0.25, 0.3) is 21.9 Å². The van der Waals surface area contributed by atoms with Crippen molar-refractivity contribution < 1.29 is 0 Å².